The molecule has 0 saturated carbocycles. The lowest BCUT2D eigenvalue weighted by Crippen LogP contribution is -2.28. The molecule has 0 spiro atoms. The smallest absolute Gasteiger partial charge is 0.251 e. The summed E-state index contributed by atoms with van der Waals surface area (Å²) < 4.78 is 0. The van der Waals surface area contributed by atoms with Crippen molar-refractivity contribution in [2.24, 2.45) is 10.7 Å². The van der Waals surface area contributed by atoms with E-state index in [0.717, 1.165) is 39.0 Å². The van der Waals surface area contributed by atoms with Crippen molar-refractivity contribution in [2.75, 3.05) is 6.54 Å². The van der Waals surface area contributed by atoms with Gasteiger partial charge < -0.3 is 11.1 Å². The van der Waals surface area contributed by atoms with Crippen LogP contribution in [0.25, 0.3) is 10.9 Å². The quantitative estimate of drug-likeness (QED) is 0.507. The monoisotopic (exact) mass is 447 g/mol. The number of nitrogens with one attached hydrogen (secondary N) is 1. The summed E-state index contributed by atoms with van der Waals surface area (Å²) in [6.07, 6.45) is 3.87. The topological polar surface area (TPSA) is 93.3 Å². The van der Waals surface area contributed by atoms with Gasteiger partial charge in [0.25, 0.3) is 5.91 Å². The number of aliphatic imine (C=N–C) groups is 1. The molecule has 1 amide bonds. The Balaban J connectivity index is 1.73. The van der Waals surface area contributed by atoms with Gasteiger partial charge in [-0.1, -0.05) is 29.8 Å². The minimum Gasteiger partial charge on any atom is -0.384 e. The van der Waals surface area contributed by atoms with Crippen LogP contribution in [0.2, 0.25) is 5.02 Å². The molecule has 7 heteroatoms. The van der Waals surface area contributed by atoms with Gasteiger partial charge in [0, 0.05) is 47.7 Å². The molecule has 3 N–H and O–H groups in total. The van der Waals surface area contributed by atoms with Crippen LogP contribution in [0.3, 0.4) is 0 Å². The van der Waals surface area contributed by atoms with Gasteiger partial charge in [-0.3, -0.25) is 14.8 Å². The van der Waals surface area contributed by atoms with Crippen LogP contribution in [-0.4, -0.2) is 28.1 Å². The maximum Gasteiger partial charge on any atom is 0.251 e. The first-order valence-corrected chi connectivity index (χ1v) is 10.5. The van der Waals surface area contributed by atoms with Crippen LogP contribution in [0, 0.1) is 0 Å². The van der Waals surface area contributed by atoms with Crippen molar-refractivity contribution in [1.29, 1.82) is 0 Å². The second kappa shape index (κ2) is 10.2. The molecule has 0 radical (unpaired) electrons. The van der Waals surface area contributed by atoms with Crippen LogP contribution in [0.5, 0.6) is 0 Å². The molecular weight excluding hydrogens is 422 g/mol. The Morgan fingerprint density at radius 2 is 1.94 bits per heavy atom. The molecule has 2 heterocycles. The van der Waals surface area contributed by atoms with Crippen LogP contribution < -0.4 is 11.1 Å². The first-order chi connectivity index (χ1) is 15.2. The van der Waals surface area contributed by atoms with E-state index in [4.69, 9.17) is 17.3 Å². The molecule has 0 fully saturated rings. The van der Waals surface area contributed by atoms with Gasteiger partial charge in [-0.15, -0.1) is 0 Å². The molecule has 2 aromatic heterocycles. The number of benzene rings is 1. The fraction of sp³-hybridized carbons (Fsp3) is 0.200. The summed E-state index contributed by atoms with van der Waals surface area (Å²) in [5.74, 6) is 0.0550. The normalized spacial score (nSPS) is 11.3. The molecule has 6 nitrogen and oxygen atoms in total. The minimum atomic E-state index is -0.179. The van der Waals surface area contributed by atoms with E-state index in [9.17, 15) is 4.79 Å². The predicted molar refractivity (Wildman–Crippen MR) is 131 cm³/mol. The fourth-order valence-electron chi connectivity index (χ4n) is 3.41. The second-order valence-electron chi connectivity index (χ2n) is 7.74. The van der Waals surface area contributed by atoms with Crippen LogP contribution in [0.4, 0.5) is 0 Å². The van der Waals surface area contributed by atoms with Crippen LogP contribution in [0.1, 0.15) is 42.4 Å². The molecule has 3 rings (SSSR count). The Morgan fingerprint density at radius 1 is 1.16 bits per heavy atom. The number of fused-ring (bicyclic) bond motifs is 1. The van der Waals surface area contributed by atoms with E-state index in [1.807, 2.05) is 45.0 Å². The Hall–Kier alpha value is -3.51. The molecule has 0 aliphatic carbocycles. The van der Waals surface area contributed by atoms with Crippen molar-refractivity contribution >= 4 is 34.1 Å². The molecule has 1 aromatic carbocycles. The number of pyridine rings is 2. The van der Waals surface area contributed by atoms with E-state index >= 15 is 0 Å². The lowest BCUT2D eigenvalue weighted by molar-refractivity contribution is 0.0957. The third-order valence-corrected chi connectivity index (χ3v) is 5.16. The van der Waals surface area contributed by atoms with Gasteiger partial charge >= 0.3 is 0 Å². The molecule has 0 bridgehead atoms. The summed E-state index contributed by atoms with van der Waals surface area (Å²) in [5.41, 5.74) is 11.6. The third kappa shape index (κ3) is 6.02. The van der Waals surface area contributed by atoms with Crippen molar-refractivity contribution in [2.45, 2.75) is 27.2 Å². The summed E-state index contributed by atoms with van der Waals surface area (Å²) >= 11 is 6.06. The first kappa shape index (κ1) is 23.2. The van der Waals surface area contributed by atoms with E-state index in [0.29, 0.717) is 23.6 Å². The molecule has 164 valence electrons. The molecule has 32 heavy (non-hydrogen) atoms. The van der Waals surface area contributed by atoms with Crippen LogP contribution >= 0.6 is 11.6 Å². The number of carbonyl (C=O) groups excluding carboxylic acids is 1. The van der Waals surface area contributed by atoms with Crippen molar-refractivity contribution < 1.29 is 4.79 Å². The summed E-state index contributed by atoms with van der Waals surface area (Å²) in [5, 5.41) is 4.52. The summed E-state index contributed by atoms with van der Waals surface area (Å²) in [6, 6.07) is 11.4. The number of hydrogen-bond donors (Lipinski definition) is 2. The molecule has 0 aliphatic heterocycles. The highest BCUT2D eigenvalue weighted by atomic mass is 35.5. The first-order valence-electron chi connectivity index (χ1n) is 10.2. The molecule has 0 unspecified atom stereocenters. The number of rotatable bonds is 7. The number of nitrogens with two attached hydrogens (primary N) is 1. The van der Waals surface area contributed by atoms with E-state index in [2.05, 4.69) is 26.9 Å². The Morgan fingerprint density at radius 3 is 2.66 bits per heavy atom. The van der Waals surface area contributed by atoms with E-state index in [1.165, 1.54) is 0 Å². The maximum atomic E-state index is 12.8. The van der Waals surface area contributed by atoms with Gasteiger partial charge in [-0.05, 0) is 62.2 Å². The number of amides is 1. The maximum absolute atomic E-state index is 12.8. The van der Waals surface area contributed by atoms with Crippen molar-refractivity contribution in [3.63, 3.8) is 0 Å². The number of halogens is 1. The van der Waals surface area contributed by atoms with E-state index in [-0.39, 0.29) is 11.7 Å². The van der Waals surface area contributed by atoms with Gasteiger partial charge in [-0.25, -0.2) is 4.99 Å². The molecule has 0 atom stereocenters. The Bertz CT molecular complexity index is 1240. The van der Waals surface area contributed by atoms with Gasteiger partial charge in [0.15, 0.2) is 0 Å². The minimum absolute atomic E-state index is 0.179. The van der Waals surface area contributed by atoms with Crippen molar-refractivity contribution in [1.82, 2.24) is 15.3 Å². The average Bonchev–Trinajstić information content (AvgIpc) is 2.73. The number of hydrogen-bond acceptors (Lipinski definition) is 5. The molecule has 0 saturated heterocycles. The van der Waals surface area contributed by atoms with E-state index in [1.54, 1.807) is 24.5 Å². The van der Waals surface area contributed by atoms with Gasteiger partial charge in [0.05, 0.1) is 10.5 Å². The molecule has 0 aliphatic rings. The summed E-state index contributed by atoms with van der Waals surface area (Å²) in [4.78, 5) is 25.7. The highest BCUT2D eigenvalue weighted by molar-refractivity contribution is 6.31. The van der Waals surface area contributed by atoms with Gasteiger partial charge in [0.2, 0.25) is 0 Å². The number of carbonyl (C=O) groups is 1. The number of allylic oxidation sites excluding steroid dienone is 1. The fourth-order valence-corrected chi connectivity index (χ4v) is 3.58. The summed E-state index contributed by atoms with van der Waals surface area (Å²) in [6.45, 7) is 9.74. The third-order valence-electron chi connectivity index (χ3n) is 4.95. The van der Waals surface area contributed by atoms with Crippen molar-refractivity contribution in [3.8, 4) is 0 Å². The highest BCUT2D eigenvalue weighted by Gasteiger charge is 2.11. The standard InChI is InChI=1S/C25H26ClN5O/c1-15(2)23(16(3)31-17(4)27)14-30-25(32)19-7-8-28-22(12-19)10-18-5-6-24-20(9-18)11-21(26)13-29-24/h5-9,11-13H,4,10,14,27H2,1-3H3,(H,30,32)/b31-16-. The Kier molecular flexibility index (Phi) is 7.38. The van der Waals surface area contributed by atoms with Crippen molar-refractivity contribution in [3.05, 3.63) is 94.2 Å². The van der Waals surface area contributed by atoms with Crippen LogP contribution in [0.15, 0.2) is 77.3 Å². The highest BCUT2D eigenvalue weighted by Crippen LogP contribution is 2.20. The Labute approximate surface area is 192 Å². The number of nitrogens with zero attached hydrogens (tertiary/aromatic N) is 3. The van der Waals surface area contributed by atoms with E-state index < -0.39 is 0 Å². The molecule has 3 aromatic rings. The largest absolute Gasteiger partial charge is 0.384 e. The predicted octanol–water partition coefficient (Wildman–Crippen LogP) is 4.83. The number of aromatic nitrogens is 2. The zero-order chi connectivity index (χ0) is 23.3. The second-order valence-corrected chi connectivity index (χ2v) is 8.18. The lowest BCUT2D eigenvalue weighted by Gasteiger charge is -2.12. The van der Waals surface area contributed by atoms with Gasteiger partial charge in [0.1, 0.15) is 5.82 Å². The summed E-state index contributed by atoms with van der Waals surface area (Å²) in [7, 11) is 0. The zero-order valence-corrected chi connectivity index (χ0v) is 19.2. The average molecular weight is 448 g/mol. The van der Waals surface area contributed by atoms with Gasteiger partial charge in [-0.2, -0.15) is 0 Å². The van der Waals surface area contributed by atoms with Crippen LogP contribution in [-0.2, 0) is 6.42 Å². The lowest BCUT2D eigenvalue weighted by atomic mass is 10.0. The SMILES string of the molecule is C=C(N)/N=C(/C)C(CNC(=O)c1ccnc(Cc2ccc3ncc(Cl)cc3c2)c1)=C(C)C. The molecular formula is C25H26ClN5O. The zero-order valence-electron chi connectivity index (χ0n) is 18.4.